The Morgan fingerprint density at radius 2 is 0.704 bits per heavy atom. The Morgan fingerprint density at radius 1 is 0.394 bits per heavy atom. The maximum Gasteiger partial charge on any atom is 0.305 e. The smallest absolute Gasteiger partial charge is 0.305 e. The molecule has 0 fully saturated rings. The zero-order valence-corrected chi connectivity index (χ0v) is 48.0. The molecule has 0 aliphatic carbocycles. The Bertz CT molecular complexity index is 1110. The van der Waals surface area contributed by atoms with Crippen molar-refractivity contribution in [3.05, 3.63) is 24.3 Å². The second kappa shape index (κ2) is 60.9. The monoisotopic (exact) mass is 1000 g/mol. The van der Waals surface area contributed by atoms with Crippen LogP contribution in [0.25, 0.3) is 0 Å². The van der Waals surface area contributed by atoms with Crippen molar-refractivity contribution in [3.8, 4) is 0 Å². The third-order valence-electron chi connectivity index (χ3n) is 15.0. The number of aliphatic hydroxyl groups excluding tert-OH is 2. The average molecular weight is 1000 g/mol. The highest BCUT2D eigenvalue weighted by molar-refractivity contribution is 5.76. The standard InChI is InChI=1S/C65H125NO5/c1-3-5-7-9-11-13-15-17-19-21-25-29-33-37-41-45-49-53-57-63(68)62(61-67)66-64(69)58-54-50-46-42-38-34-30-26-23-24-28-32-36-40-44-48-52-56-60-71-65(70)59-55-51-47-43-39-35-31-27-22-20-18-16-14-12-10-8-6-4-2/h14,16,20,22,62-63,67-68H,3-13,15,17-19,21,23-61H2,1-2H3,(H,66,69)/b16-14-,22-20-. The van der Waals surface area contributed by atoms with Crippen LogP contribution < -0.4 is 5.32 Å². The Morgan fingerprint density at radius 3 is 1.08 bits per heavy atom. The van der Waals surface area contributed by atoms with Gasteiger partial charge in [0, 0.05) is 12.8 Å². The van der Waals surface area contributed by atoms with Crippen LogP contribution in [0.15, 0.2) is 24.3 Å². The van der Waals surface area contributed by atoms with Gasteiger partial charge in [-0.1, -0.05) is 308 Å². The van der Waals surface area contributed by atoms with Gasteiger partial charge in [-0.25, -0.2) is 0 Å². The molecule has 0 aliphatic rings. The molecule has 71 heavy (non-hydrogen) atoms. The molecule has 0 bridgehead atoms. The summed E-state index contributed by atoms with van der Waals surface area (Å²) in [6, 6.07) is -0.545. The summed E-state index contributed by atoms with van der Waals surface area (Å²) in [4.78, 5) is 24.6. The zero-order chi connectivity index (χ0) is 51.4. The molecule has 0 spiro atoms. The molecule has 0 saturated carbocycles. The Balaban J connectivity index is 3.40. The van der Waals surface area contributed by atoms with E-state index in [0.717, 1.165) is 51.4 Å². The summed E-state index contributed by atoms with van der Waals surface area (Å²) in [6.45, 7) is 4.95. The van der Waals surface area contributed by atoms with Crippen molar-refractivity contribution in [1.82, 2.24) is 5.32 Å². The third kappa shape index (κ3) is 57.5. The first-order valence-corrected chi connectivity index (χ1v) is 32.1. The Hall–Kier alpha value is -1.66. The van der Waals surface area contributed by atoms with Crippen LogP contribution in [0.2, 0.25) is 0 Å². The van der Waals surface area contributed by atoms with E-state index < -0.39 is 12.1 Å². The van der Waals surface area contributed by atoms with E-state index in [1.54, 1.807) is 0 Å². The molecule has 6 heteroatoms. The van der Waals surface area contributed by atoms with Gasteiger partial charge < -0.3 is 20.3 Å². The molecule has 0 radical (unpaired) electrons. The van der Waals surface area contributed by atoms with Gasteiger partial charge in [-0.05, 0) is 57.8 Å². The van der Waals surface area contributed by atoms with Gasteiger partial charge in [0.15, 0.2) is 0 Å². The molecule has 6 nitrogen and oxygen atoms in total. The van der Waals surface area contributed by atoms with E-state index in [1.807, 2.05) is 0 Å². The SMILES string of the molecule is CCCCCC/C=C\C/C=C\CCCCCCCCCC(=O)OCCCCCCCCCCCCCCCCCCCCC(=O)NC(CO)C(O)CCCCCCCCCCCCCCCCCCCC. The lowest BCUT2D eigenvalue weighted by Crippen LogP contribution is -2.45. The van der Waals surface area contributed by atoms with Crippen molar-refractivity contribution >= 4 is 11.9 Å². The lowest BCUT2D eigenvalue weighted by atomic mass is 10.0. The molecule has 2 unspecified atom stereocenters. The molecule has 0 aromatic carbocycles. The molecule has 0 rings (SSSR count). The Labute approximate surface area is 443 Å². The highest BCUT2D eigenvalue weighted by Crippen LogP contribution is 2.18. The van der Waals surface area contributed by atoms with Crippen LogP contribution in [0.3, 0.4) is 0 Å². The van der Waals surface area contributed by atoms with E-state index in [9.17, 15) is 19.8 Å². The molecule has 0 saturated heterocycles. The van der Waals surface area contributed by atoms with E-state index >= 15 is 0 Å². The number of carbonyl (C=O) groups excluding carboxylic acids is 2. The minimum absolute atomic E-state index is 0.000790. The lowest BCUT2D eigenvalue weighted by molar-refractivity contribution is -0.143. The quantitative estimate of drug-likeness (QED) is 0.0320. The van der Waals surface area contributed by atoms with Gasteiger partial charge >= 0.3 is 5.97 Å². The molecule has 0 aliphatic heterocycles. The maximum absolute atomic E-state index is 12.5. The number of unbranched alkanes of at least 4 members (excludes halogenated alkanes) is 45. The summed E-state index contributed by atoms with van der Waals surface area (Å²) >= 11 is 0. The van der Waals surface area contributed by atoms with Gasteiger partial charge in [-0.2, -0.15) is 0 Å². The molecule has 420 valence electrons. The molecular weight excluding hydrogens is 875 g/mol. The second-order valence-corrected chi connectivity index (χ2v) is 22.1. The van der Waals surface area contributed by atoms with Crippen molar-refractivity contribution in [2.24, 2.45) is 0 Å². The van der Waals surface area contributed by atoms with Crippen molar-refractivity contribution in [1.29, 1.82) is 0 Å². The first-order chi connectivity index (χ1) is 35.0. The van der Waals surface area contributed by atoms with Crippen LogP contribution in [0.5, 0.6) is 0 Å². The number of allylic oxidation sites excluding steroid dienone is 4. The van der Waals surface area contributed by atoms with Gasteiger partial charge in [0.05, 0.1) is 25.4 Å². The lowest BCUT2D eigenvalue weighted by Gasteiger charge is -2.22. The van der Waals surface area contributed by atoms with E-state index in [-0.39, 0.29) is 18.5 Å². The van der Waals surface area contributed by atoms with Crippen molar-refractivity contribution in [2.75, 3.05) is 13.2 Å². The number of amides is 1. The number of nitrogens with one attached hydrogen (secondary N) is 1. The number of esters is 1. The molecule has 0 aromatic rings. The highest BCUT2D eigenvalue weighted by Gasteiger charge is 2.20. The fourth-order valence-electron chi connectivity index (χ4n) is 10.1. The van der Waals surface area contributed by atoms with Gasteiger partial charge in [-0.3, -0.25) is 9.59 Å². The third-order valence-corrected chi connectivity index (χ3v) is 15.0. The topological polar surface area (TPSA) is 95.9 Å². The molecule has 0 heterocycles. The van der Waals surface area contributed by atoms with E-state index in [0.29, 0.717) is 25.9 Å². The van der Waals surface area contributed by atoms with Crippen LogP contribution in [-0.2, 0) is 14.3 Å². The highest BCUT2D eigenvalue weighted by atomic mass is 16.5. The van der Waals surface area contributed by atoms with Crippen LogP contribution in [-0.4, -0.2) is 47.4 Å². The Kier molecular flexibility index (Phi) is 59.5. The predicted octanol–water partition coefficient (Wildman–Crippen LogP) is 20.2. The fourth-order valence-corrected chi connectivity index (χ4v) is 10.1. The number of aliphatic hydroxyl groups is 2. The van der Waals surface area contributed by atoms with E-state index in [4.69, 9.17) is 4.74 Å². The first kappa shape index (κ1) is 69.3. The predicted molar refractivity (Wildman–Crippen MR) is 310 cm³/mol. The number of hydrogen-bond acceptors (Lipinski definition) is 5. The largest absolute Gasteiger partial charge is 0.466 e. The van der Waals surface area contributed by atoms with Crippen LogP contribution in [0.1, 0.15) is 354 Å². The summed E-state index contributed by atoms with van der Waals surface area (Å²) in [5.41, 5.74) is 0. The van der Waals surface area contributed by atoms with Crippen molar-refractivity contribution < 1.29 is 24.5 Å². The van der Waals surface area contributed by atoms with Crippen LogP contribution in [0.4, 0.5) is 0 Å². The molecule has 1 amide bonds. The van der Waals surface area contributed by atoms with Gasteiger partial charge in [0.25, 0.3) is 0 Å². The first-order valence-electron chi connectivity index (χ1n) is 32.1. The molecule has 2 atom stereocenters. The molecular formula is C65H125NO5. The minimum Gasteiger partial charge on any atom is -0.466 e. The minimum atomic E-state index is -0.668. The summed E-state index contributed by atoms with van der Waals surface area (Å²) in [6.07, 6.45) is 74.7. The average Bonchev–Trinajstić information content (AvgIpc) is 3.37. The van der Waals surface area contributed by atoms with Gasteiger partial charge in [-0.15, -0.1) is 0 Å². The summed E-state index contributed by atoms with van der Waals surface area (Å²) in [7, 11) is 0. The molecule has 0 aromatic heterocycles. The van der Waals surface area contributed by atoms with Gasteiger partial charge in [0.1, 0.15) is 0 Å². The van der Waals surface area contributed by atoms with Crippen molar-refractivity contribution in [3.63, 3.8) is 0 Å². The van der Waals surface area contributed by atoms with Crippen molar-refractivity contribution in [2.45, 2.75) is 366 Å². The number of ether oxygens (including phenoxy) is 1. The van der Waals surface area contributed by atoms with Gasteiger partial charge in [0.2, 0.25) is 5.91 Å². The fraction of sp³-hybridized carbons (Fsp3) is 0.908. The van der Waals surface area contributed by atoms with Crippen LogP contribution in [0, 0.1) is 0 Å². The molecule has 3 N–H and O–H groups in total. The van der Waals surface area contributed by atoms with Crippen LogP contribution >= 0.6 is 0 Å². The number of carbonyl (C=O) groups is 2. The maximum atomic E-state index is 12.5. The number of hydrogen-bond donors (Lipinski definition) is 3. The van der Waals surface area contributed by atoms with E-state index in [1.165, 1.54) is 270 Å². The number of rotatable bonds is 60. The summed E-state index contributed by atoms with van der Waals surface area (Å²) in [5.74, 6) is -0.0353. The summed E-state index contributed by atoms with van der Waals surface area (Å²) in [5, 5.41) is 23.4. The second-order valence-electron chi connectivity index (χ2n) is 22.1. The summed E-state index contributed by atoms with van der Waals surface area (Å²) < 4.78 is 5.49. The normalized spacial score (nSPS) is 12.7. The van der Waals surface area contributed by atoms with E-state index in [2.05, 4.69) is 43.5 Å². The zero-order valence-electron chi connectivity index (χ0n) is 48.0.